The topological polar surface area (TPSA) is 217 Å². The number of aromatic nitrogens is 2. The van der Waals surface area contributed by atoms with Crippen LogP contribution in [0.3, 0.4) is 0 Å². The Morgan fingerprint density at radius 2 is 1.67 bits per heavy atom. The fourth-order valence-corrected chi connectivity index (χ4v) is 5.33. The van der Waals surface area contributed by atoms with Gasteiger partial charge in [-0.1, -0.05) is 0 Å². The van der Waals surface area contributed by atoms with Gasteiger partial charge < -0.3 is 28.8 Å². The number of rotatable bonds is 17. The number of esters is 3. The molecule has 1 aliphatic heterocycles. The molecule has 0 bridgehead atoms. The quantitative estimate of drug-likeness (QED) is 0.0779. The highest BCUT2D eigenvalue weighted by Gasteiger charge is 2.52. The second-order valence-electron chi connectivity index (χ2n) is 11.1. The Morgan fingerprint density at radius 1 is 1.04 bits per heavy atom. The lowest BCUT2D eigenvalue weighted by Gasteiger charge is -2.29. The number of methoxy groups -OCH3 is 1. The van der Waals surface area contributed by atoms with Crippen LogP contribution in [0.5, 0.6) is 0 Å². The van der Waals surface area contributed by atoms with E-state index in [0.717, 1.165) is 4.57 Å². The van der Waals surface area contributed by atoms with Crippen LogP contribution < -0.4 is 11.2 Å². The van der Waals surface area contributed by atoms with Crippen molar-refractivity contribution in [3.63, 3.8) is 0 Å². The van der Waals surface area contributed by atoms with Crippen LogP contribution in [0.25, 0.3) is 0 Å². The zero-order valence-corrected chi connectivity index (χ0v) is 27.4. The first-order valence-electron chi connectivity index (χ1n) is 14.2. The molecule has 0 radical (unpaired) electrons. The third kappa shape index (κ3) is 10.0. The van der Waals surface area contributed by atoms with Crippen molar-refractivity contribution in [1.82, 2.24) is 9.55 Å². The fraction of sp³-hybridized carbons (Fsp3) is 0.741. The van der Waals surface area contributed by atoms with Crippen molar-refractivity contribution in [1.29, 1.82) is 0 Å². The lowest BCUT2D eigenvalue weighted by molar-refractivity contribution is -0.178. The predicted octanol–water partition coefficient (Wildman–Crippen LogP) is 1.000. The van der Waals surface area contributed by atoms with E-state index < -0.39 is 86.1 Å². The van der Waals surface area contributed by atoms with Gasteiger partial charge in [0.25, 0.3) is 5.56 Å². The number of carbonyl (C=O) groups is 3. The molecule has 1 aliphatic rings. The maximum absolute atomic E-state index is 14.0. The van der Waals surface area contributed by atoms with Gasteiger partial charge >= 0.3 is 31.4 Å². The number of aliphatic hydroxyl groups excluding tert-OH is 1. The first-order chi connectivity index (χ1) is 21.1. The highest BCUT2D eigenvalue weighted by atomic mass is 31.2. The van der Waals surface area contributed by atoms with Gasteiger partial charge in [0, 0.05) is 25.3 Å². The van der Waals surface area contributed by atoms with Gasteiger partial charge in [0.05, 0.1) is 45.1 Å². The van der Waals surface area contributed by atoms with Crippen LogP contribution >= 0.6 is 7.82 Å². The normalized spacial score (nSPS) is 20.0. The number of carbonyl (C=O) groups excluding carboxylic acids is 3. The standard InChI is InChI=1S/C27H43N2O15P/c1-8-38-23(33)27(15-30,24(34)39-9-2)16-42-45(36,41-11-10-37-7)44-18-12-20(29-13-17(3)21(31)28-25(29)35)43-19(18)14-40-22(32)26(4,5)6/h13,18-20,30H,8-12,14-16H2,1-7H3,(H,28,31,35)/t18-,19+,20+,45?/m0/s1. The molecule has 18 heteroatoms. The third-order valence-corrected chi connectivity index (χ3v) is 7.97. The minimum atomic E-state index is -4.76. The van der Waals surface area contributed by atoms with Crippen molar-refractivity contribution in [2.75, 3.05) is 53.4 Å². The Balaban J connectivity index is 2.46. The average molecular weight is 667 g/mol. The number of hydrogen-bond donors (Lipinski definition) is 2. The summed E-state index contributed by atoms with van der Waals surface area (Å²) in [5.41, 5.74) is -4.51. The van der Waals surface area contributed by atoms with E-state index in [1.807, 2.05) is 0 Å². The molecule has 0 aromatic carbocycles. The number of hydrogen-bond acceptors (Lipinski definition) is 15. The van der Waals surface area contributed by atoms with Crippen molar-refractivity contribution in [3.05, 3.63) is 32.6 Å². The van der Waals surface area contributed by atoms with E-state index >= 15 is 0 Å². The molecule has 0 spiro atoms. The van der Waals surface area contributed by atoms with Crippen LogP contribution in [0.2, 0.25) is 0 Å². The van der Waals surface area contributed by atoms with Gasteiger partial charge in [-0.25, -0.2) is 9.36 Å². The molecule has 1 unspecified atom stereocenters. The van der Waals surface area contributed by atoms with Crippen LogP contribution in [0.1, 0.15) is 52.8 Å². The molecule has 1 fully saturated rings. The van der Waals surface area contributed by atoms with Gasteiger partial charge in [-0.05, 0) is 41.5 Å². The summed E-state index contributed by atoms with van der Waals surface area (Å²) in [6.07, 6.45) is -2.36. The van der Waals surface area contributed by atoms with Crippen LogP contribution in [-0.4, -0.2) is 98.1 Å². The van der Waals surface area contributed by atoms with Gasteiger partial charge in [-0.2, -0.15) is 0 Å². The van der Waals surface area contributed by atoms with Gasteiger partial charge in [-0.3, -0.25) is 42.3 Å². The smallest absolute Gasteiger partial charge is 0.465 e. The number of phosphoric ester groups is 1. The van der Waals surface area contributed by atoms with Crippen LogP contribution in [0, 0.1) is 17.8 Å². The van der Waals surface area contributed by atoms with Gasteiger partial charge in [0.2, 0.25) is 5.41 Å². The van der Waals surface area contributed by atoms with E-state index in [9.17, 15) is 33.6 Å². The summed E-state index contributed by atoms with van der Waals surface area (Å²) >= 11 is 0. The lowest BCUT2D eigenvalue weighted by atomic mass is 9.90. The Morgan fingerprint density at radius 3 is 2.20 bits per heavy atom. The van der Waals surface area contributed by atoms with Crippen LogP contribution in [-0.2, 0) is 56.2 Å². The van der Waals surface area contributed by atoms with Crippen molar-refractivity contribution >= 4 is 25.7 Å². The molecule has 45 heavy (non-hydrogen) atoms. The van der Waals surface area contributed by atoms with E-state index in [4.69, 9.17) is 37.3 Å². The highest BCUT2D eigenvalue weighted by molar-refractivity contribution is 7.48. The number of aryl methyl sites for hydroxylation is 1. The minimum absolute atomic E-state index is 0.0694. The van der Waals surface area contributed by atoms with Crippen LogP contribution in [0.4, 0.5) is 0 Å². The summed E-state index contributed by atoms with van der Waals surface area (Å²) in [7, 11) is -3.41. The third-order valence-electron chi connectivity index (χ3n) is 6.50. The predicted molar refractivity (Wildman–Crippen MR) is 154 cm³/mol. The van der Waals surface area contributed by atoms with E-state index in [1.165, 1.54) is 34.1 Å². The summed E-state index contributed by atoms with van der Waals surface area (Å²) in [4.78, 5) is 64.8. The molecule has 0 amide bonds. The average Bonchev–Trinajstić information content (AvgIpc) is 3.35. The molecule has 1 saturated heterocycles. The van der Waals surface area contributed by atoms with Crippen molar-refractivity contribution in [3.8, 4) is 0 Å². The first-order valence-corrected chi connectivity index (χ1v) is 15.7. The summed E-state index contributed by atoms with van der Waals surface area (Å²) in [6, 6.07) is 0. The molecule has 4 atom stereocenters. The van der Waals surface area contributed by atoms with E-state index in [1.54, 1.807) is 20.8 Å². The molecule has 1 aromatic heterocycles. The maximum Gasteiger partial charge on any atom is 0.475 e. The molecular formula is C27H43N2O15P. The number of aromatic amines is 1. The number of nitrogens with one attached hydrogen (secondary N) is 1. The second kappa shape index (κ2) is 16.6. The van der Waals surface area contributed by atoms with Crippen LogP contribution in [0.15, 0.2) is 15.8 Å². The van der Waals surface area contributed by atoms with Crippen molar-refractivity contribution in [2.45, 2.75) is 66.4 Å². The van der Waals surface area contributed by atoms with Crippen molar-refractivity contribution < 1.29 is 61.3 Å². The number of ether oxygens (including phenoxy) is 5. The largest absolute Gasteiger partial charge is 0.475 e. The summed E-state index contributed by atoms with van der Waals surface area (Å²) in [5.74, 6) is -2.98. The summed E-state index contributed by atoms with van der Waals surface area (Å²) < 4.78 is 58.0. The monoisotopic (exact) mass is 666 g/mol. The molecule has 1 aromatic rings. The molecule has 256 valence electrons. The molecule has 2 rings (SSSR count). The molecule has 2 N–H and O–H groups in total. The number of H-pyrrole nitrogens is 1. The Kier molecular flexibility index (Phi) is 14.1. The molecule has 17 nitrogen and oxygen atoms in total. The molecule has 0 saturated carbocycles. The fourth-order valence-electron chi connectivity index (χ4n) is 3.91. The Labute approximate surface area is 260 Å². The van der Waals surface area contributed by atoms with Crippen molar-refractivity contribution in [2.24, 2.45) is 10.8 Å². The molecular weight excluding hydrogens is 623 g/mol. The summed E-state index contributed by atoms with van der Waals surface area (Å²) in [5, 5.41) is 10.1. The number of phosphoric acid groups is 1. The number of aliphatic hydroxyl groups is 1. The lowest BCUT2D eigenvalue weighted by Crippen LogP contribution is -2.48. The maximum atomic E-state index is 14.0. The van der Waals surface area contributed by atoms with E-state index in [2.05, 4.69) is 4.98 Å². The Bertz CT molecular complexity index is 1320. The highest BCUT2D eigenvalue weighted by Crippen LogP contribution is 2.54. The van der Waals surface area contributed by atoms with E-state index in [0.29, 0.717) is 0 Å². The minimum Gasteiger partial charge on any atom is -0.465 e. The molecule has 0 aliphatic carbocycles. The van der Waals surface area contributed by atoms with Gasteiger partial charge in [0.15, 0.2) is 0 Å². The van der Waals surface area contributed by atoms with E-state index in [-0.39, 0.29) is 38.4 Å². The second-order valence-corrected chi connectivity index (χ2v) is 12.7. The number of nitrogens with zero attached hydrogens (tertiary/aromatic N) is 1. The van der Waals surface area contributed by atoms with Gasteiger partial charge in [-0.15, -0.1) is 0 Å². The van der Waals surface area contributed by atoms with Gasteiger partial charge in [0.1, 0.15) is 25.0 Å². The zero-order valence-electron chi connectivity index (χ0n) is 26.5. The zero-order chi connectivity index (χ0) is 34.0. The summed E-state index contributed by atoms with van der Waals surface area (Å²) in [6.45, 7) is 6.06. The first kappa shape index (κ1) is 38.3. The Hall–Kier alpha value is -2.92. The molecule has 2 heterocycles. The SMILES string of the molecule is CCOC(=O)C(CO)(COP(=O)(OCCOC)O[C@H]1C[C@H](n2cc(C)c(=O)[nH]c2=O)O[C@@H]1COC(=O)C(C)(C)C)C(=O)OCC.